The number of ether oxygens (including phenoxy) is 2. The molecule has 0 aliphatic carbocycles. The van der Waals surface area contributed by atoms with Gasteiger partial charge in [-0.2, -0.15) is 13.2 Å². The van der Waals surface area contributed by atoms with Gasteiger partial charge in [-0.3, -0.25) is 5.32 Å². The molecule has 0 fully saturated rings. The Morgan fingerprint density at radius 2 is 1.83 bits per heavy atom. The van der Waals surface area contributed by atoms with E-state index in [0.717, 1.165) is 7.11 Å². The van der Waals surface area contributed by atoms with Crippen LogP contribution in [0.15, 0.2) is 30.3 Å². The number of halogens is 3. The highest BCUT2D eigenvalue weighted by molar-refractivity contribution is 5.86. The molecule has 0 aliphatic rings. The number of benzene rings is 1. The van der Waals surface area contributed by atoms with Gasteiger partial charge in [-0.05, 0) is 24.9 Å². The molecule has 6 nitrogen and oxygen atoms in total. The number of alkyl carbamates (subject to hydrolysis) is 1. The Morgan fingerprint density at radius 1 is 1.21 bits per heavy atom. The summed E-state index contributed by atoms with van der Waals surface area (Å²) in [7, 11) is 0.808. The fraction of sp³-hybridized carbons (Fsp3) is 0.467. The van der Waals surface area contributed by atoms with Gasteiger partial charge in [0.05, 0.1) is 7.11 Å². The highest BCUT2D eigenvalue weighted by Gasteiger charge is 2.62. The van der Waals surface area contributed by atoms with Gasteiger partial charge in [0.25, 0.3) is 0 Å². The van der Waals surface area contributed by atoms with E-state index < -0.39 is 30.2 Å². The normalized spacial score (nSPS) is 13.7. The molecule has 3 N–H and O–H groups in total. The Labute approximate surface area is 137 Å². The number of nitrogens with one attached hydrogen (secondary N) is 1. The van der Waals surface area contributed by atoms with E-state index in [0.29, 0.717) is 5.56 Å². The van der Waals surface area contributed by atoms with E-state index in [1.54, 1.807) is 35.6 Å². The molecule has 134 valence electrons. The molecule has 0 bridgehead atoms. The lowest BCUT2D eigenvalue weighted by Gasteiger charge is -2.33. The summed E-state index contributed by atoms with van der Waals surface area (Å²) < 4.78 is 49.3. The molecule has 1 atom stereocenters. The van der Waals surface area contributed by atoms with Crippen molar-refractivity contribution in [2.75, 3.05) is 13.7 Å². The third kappa shape index (κ3) is 4.85. The number of nitrogens with two attached hydrogens (primary N) is 1. The molecule has 0 saturated heterocycles. The predicted molar refractivity (Wildman–Crippen MR) is 78.9 cm³/mol. The first kappa shape index (κ1) is 19.8. The Balaban J connectivity index is 2.89. The summed E-state index contributed by atoms with van der Waals surface area (Å²) in [6.45, 7) is -0.325. The number of hydrogen-bond donors (Lipinski definition) is 2. The summed E-state index contributed by atoms with van der Waals surface area (Å²) in [6, 6.07) is 8.39. The molecule has 1 amide bonds. The van der Waals surface area contributed by atoms with E-state index in [9.17, 15) is 22.8 Å². The molecule has 1 rings (SSSR count). The van der Waals surface area contributed by atoms with Crippen molar-refractivity contribution < 1.29 is 32.2 Å². The van der Waals surface area contributed by atoms with Crippen molar-refractivity contribution in [1.29, 1.82) is 0 Å². The van der Waals surface area contributed by atoms with Crippen LogP contribution in [0.25, 0.3) is 0 Å². The molecule has 0 heterocycles. The van der Waals surface area contributed by atoms with E-state index in [1.165, 1.54) is 0 Å². The minimum absolute atomic E-state index is 0.0877. The molecular formula is C15H19F3N2O4. The van der Waals surface area contributed by atoms with Crippen molar-refractivity contribution in [3.8, 4) is 0 Å². The topological polar surface area (TPSA) is 90.6 Å². The second kappa shape index (κ2) is 8.53. The van der Waals surface area contributed by atoms with Crippen LogP contribution in [0.2, 0.25) is 0 Å². The summed E-state index contributed by atoms with van der Waals surface area (Å²) in [5, 5.41) is 1.61. The van der Waals surface area contributed by atoms with Crippen LogP contribution in [0.5, 0.6) is 0 Å². The van der Waals surface area contributed by atoms with Crippen LogP contribution < -0.4 is 11.1 Å². The van der Waals surface area contributed by atoms with E-state index in [1.807, 2.05) is 0 Å². The lowest BCUT2D eigenvalue weighted by molar-refractivity contribution is -0.212. The number of rotatable bonds is 7. The zero-order chi connectivity index (χ0) is 18.2. The van der Waals surface area contributed by atoms with Gasteiger partial charge in [0.15, 0.2) is 0 Å². The van der Waals surface area contributed by atoms with Crippen molar-refractivity contribution in [3.05, 3.63) is 35.9 Å². The second-order valence-electron chi connectivity index (χ2n) is 4.97. The van der Waals surface area contributed by atoms with Gasteiger partial charge in [-0.25, -0.2) is 9.59 Å². The quantitative estimate of drug-likeness (QED) is 0.737. The Hall–Kier alpha value is -2.29. The standard InChI is InChI=1S/C15H19F3N2O4/c1-23-12(21)14(8-5-9-19,15(16,17)18)20-13(22)24-10-11-6-3-2-4-7-11/h2-4,6-7H,5,8-10,19H2,1H3,(H,20,22). The number of esters is 1. The van der Waals surface area contributed by atoms with Crippen LogP contribution >= 0.6 is 0 Å². The molecule has 24 heavy (non-hydrogen) atoms. The van der Waals surface area contributed by atoms with Crippen LogP contribution in [-0.4, -0.2) is 37.4 Å². The van der Waals surface area contributed by atoms with Crippen molar-refractivity contribution in [1.82, 2.24) is 5.32 Å². The fourth-order valence-electron chi connectivity index (χ4n) is 2.02. The number of alkyl halides is 3. The first-order valence-electron chi connectivity index (χ1n) is 7.11. The third-order valence-corrected chi connectivity index (χ3v) is 3.30. The largest absolute Gasteiger partial charge is 0.467 e. The molecule has 0 aliphatic heterocycles. The van der Waals surface area contributed by atoms with E-state index in [4.69, 9.17) is 10.5 Å². The van der Waals surface area contributed by atoms with Gasteiger partial charge in [0.1, 0.15) is 6.61 Å². The Bertz CT molecular complexity index is 551. The minimum Gasteiger partial charge on any atom is -0.467 e. The molecule has 9 heteroatoms. The number of amides is 1. The highest BCUT2D eigenvalue weighted by Crippen LogP contribution is 2.35. The van der Waals surface area contributed by atoms with Crippen molar-refractivity contribution in [2.24, 2.45) is 5.73 Å². The van der Waals surface area contributed by atoms with Gasteiger partial charge < -0.3 is 15.2 Å². The average molecular weight is 348 g/mol. The highest BCUT2D eigenvalue weighted by atomic mass is 19.4. The zero-order valence-electron chi connectivity index (χ0n) is 13.1. The maximum absolute atomic E-state index is 13.4. The Kier molecular flexibility index (Phi) is 7.02. The van der Waals surface area contributed by atoms with Gasteiger partial charge >= 0.3 is 18.2 Å². The van der Waals surface area contributed by atoms with Gasteiger partial charge in [0.2, 0.25) is 5.54 Å². The number of carbonyl (C=O) groups is 2. The molecule has 0 aromatic heterocycles. The predicted octanol–water partition coefficient (Wildman–Crippen LogP) is 2.13. The maximum atomic E-state index is 13.4. The molecule has 0 radical (unpaired) electrons. The van der Waals surface area contributed by atoms with Crippen LogP contribution in [0.4, 0.5) is 18.0 Å². The first-order valence-corrected chi connectivity index (χ1v) is 7.11. The van der Waals surface area contributed by atoms with Crippen LogP contribution in [0.1, 0.15) is 18.4 Å². The van der Waals surface area contributed by atoms with Crippen LogP contribution in [0, 0.1) is 0 Å². The van der Waals surface area contributed by atoms with Gasteiger partial charge in [-0.1, -0.05) is 30.3 Å². The third-order valence-electron chi connectivity index (χ3n) is 3.30. The van der Waals surface area contributed by atoms with Gasteiger partial charge in [-0.15, -0.1) is 0 Å². The van der Waals surface area contributed by atoms with Crippen molar-refractivity contribution in [3.63, 3.8) is 0 Å². The summed E-state index contributed by atoms with van der Waals surface area (Å²) in [5.74, 6) is -1.62. The SMILES string of the molecule is COC(=O)C(CCCN)(NC(=O)OCc1ccccc1)C(F)(F)F. The minimum atomic E-state index is -5.07. The summed E-state index contributed by atoms with van der Waals surface area (Å²) >= 11 is 0. The smallest absolute Gasteiger partial charge is 0.422 e. The van der Waals surface area contributed by atoms with E-state index in [2.05, 4.69) is 4.74 Å². The maximum Gasteiger partial charge on any atom is 0.422 e. The zero-order valence-corrected chi connectivity index (χ0v) is 13.1. The molecular weight excluding hydrogens is 329 g/mol. The number of carbonyl (C=O) groups excluding carboxylic acids is 2. The molecule has 0 spiro atoms. The second-order valence-corrected chi connectivity index (χ2v) is 4.97. The summed E-state index contributed by atoms with van der Waals surface area (Å²) in [6.07, 6.45) is -7.34. The molecule has 1 aromatic carbocycles. The molecule has 1 unspecified atom stereocenters. The van der Waals surface area contributed by atoms with Gasteiger partial charge in [0, 0.05) is 0 Å². The first-order chi connectivity index (χ1) is 11.3. The number of hydrogen-bond acceptors (Lipinski definition) is 5. The summed E-state index contributed by atoms with van der Waals surface area (Å²) in [5.41, 5.74) is 2.61. The lowest BCUT2D eigenvalue weighted by Crippen LogP contribution is -2.64. The van der Waals surface area contributed by atoms with E-state index >= 15 is 0 Å². The average Bonchev–Trinajstić information content (AvgIpc) is 2.55. The van der Waals surface area contributed by atoms with Crippen molar-refractivity contribution in [2.45, 2.75) is 31.2 Å². The molecule has 0 saturated carbocycles. The Morgan fingerprint density at radius 3 is 2.33 bits per heavy atom. The van der Waals surface area contributed by atoms with E-state index in [-0.39, 0.29) is 19.6 Å². The summed E-state index contributed by atoms with van der Waals surface area (Å²) in [4.78, 5) is 23.5. The van der Waals surface area contributed by atoms with Crippen LogP contribution in [0.3, 0.4) is 0 Å². The fourth-order valence-corrected chi connectivity index (χ4v) is 2.02. The molecule has 1 aromatic rings. The van der Waals surface area contributed by atoms with Crippen molar-refractivity contribution >= 4 is 12.1 Å². The lowest BCUT2D eigenvalue weighted by atomic mass is 9.92. The monoisotopic (exact) mass is 348 g/mol. The van der Waals surface area contributed by atoms with Crippen LogP contribution in [-0.2, 0) is 20.9 Å². The number of methoxy groups -OCH3 is 1.